The van der Waals surface area contributed by atoms with Gasteiger partial charge in [-0.1, -0.05) is 11.6 Å². The third-order valence-electron chi connectivity index (χ3n) is 4.65. The van der Waals surface area contributed by atoms with Crippen molar-refractivity contribution in [2.45, 2.75) is 36.1 Å². The molecule has 0 radical (unpaired) electrons. The zero-order valence-corrected chi connectivity index (χ0v) is 18.8. The second-order valence-corrected chi connectivity index (χ2v) is 10.1. The Morgan fingerprint density at radius 3 is 2.74 bits per heavy atom. The smallest absolute Gasteiger partial charge is 0.266 e. The number of hydrogen-bond acceptors (Lipinski definition) is 7. The maximum atomic E-state index is 14.4. The first kappa shape index (κ1) is 24.1. The van der Waals surface area contributed by atoms with E-state index in [4.69, 9.17) is 11.6 Å². The van der Waals surface area contributed by atoms with E-state index in [2.05, 4.69) is 25.7 Å². The summed E-state index contributed by atoms with van der Waals surface area (Å²) < 4.78 is 67.5. The normalized spacial score (nSPS) is 18.3. The van der Waals surface area contributed by atoms with Crippen LogP contribution < -0.4 is 20.7 Å². The standard InChI is InChI=1S/C18H23ClF3N5O2S2/c19-13-7-16(31(28,29)27-17-25-5-6-30-17)14(20)8-15(13)24-4-2-1-3-23-10-12-9-18(21,22)11-26-12/h5-8,12,23-24,26H,1-4,9-11H2,(H,25,27)/t12-/m0/s1. The van der Waals surface area contributed by atoms with Crippen LogP contribution in [0.3, 0.4) is 0 Å². The van der Waals surface area contributed by atoms with Gasteiger partial charge < -0.3 is 16.0 Å². The number of alkyl halides is 2. The fraction of sp³-hybridized carbons (Fsp3) is 0.500. The van der Waals surface area contributed by atoms with Gasteiger partial charge in [0.1, 0.15) is 10.7 Å². The molecule has 1 aromatic carbocycles. The van der Waals surface area contributed by atoms with Crippen LogP contribution in [0, 0.1) is 5.82 Å². The van der Waals surface area contributed by atoms with Gasteiger partial charge >= 0.3 is 0 Å². The number of hydrogen-bond donors (Lipinski definition) is 4. The third kappa shape index (κ3) is 6.94. The van der Waals surface area contributed by atoms with Gasteiger partial charge in [0.05, 0.1) is 17.3 Å². The monoisotopic (exact) mass is 497 g/mol. The van der Waals surface area contributed by atoms with Crippen LogP contribution in [0.2, 0.25) is 5.02 Å². The van der Waals surface area contributed by atoms with Gasteiger partial charge in [-0.05, 0) is 31.5 Å². The fourth-order valence-electron chi connectivity index (χ4n) is 3.13. The van der Waals surface area contributed by atoms with E-state index in [9.17, 15) is 21.6 Å². The summed E-state index contributed by atoms with van der Waals surface area (Å²) in [6, 6.07) is 1.87. The molecule has 1 aliphatic heterocycles. The van der Waals surface area contributed by atoms with Gasteiger partial charge in [0.15, 0.2) is 5.13 Å². The number of sulfonamides is 1. The van der Waals surface area contributed by atoms with Gasteiger partial charge in [0, 0.05) is 37.1 Å². The zero-order valence-electron chi connectivity index (χ0n) is 16.4. The van der Waals surface area contributed by atoms with Gasteiger partial charge in [-0.2, -0.15) is 0 Å². The van der Waals surface area contributed by atoms with Crippen molar-refractivity contribution in [2.75, 3.05) is 36.2 Å². The Bertz CT molecular complexity index is 977. The zero-order chi connectivity index (χ0) is 22.5. The molecule has 1 atom stereocenters. The Morgan fingerprint density at radius 2 is 2.06 bits per heavy atom. The molecular weight excluding hydrogens is 475 g/mol. The van der Waals surface area contributed by atoms with Gasteiger partial charge in [0.25, 0.3) is 15.9 Å². The Labute approximate surface area is 187 Å². The predicted octanol–water partition coefficient (Wildman–Crippen LogP) is 3.52. The third-order valence-corrected chi connectivity index (χ3v) is 7.13. The number of halogens is 4. The van der Waals surface area contributed by atoms with Gasteiger partial charge in [0.2, 0.25) is 0 Å². The molecule has 1 aromatic heterocycles. The number of nitrogens with one attached hydrogen (secondary N) is 4. The summed E-state index contributed by atoms with van der Waals surface area (Å²) in [6.45, 7) is 1.35. The number of rotatable bonds is 11. The van der Waals surface area contributed by atoms with Crippen molar-refractivity contribution in [1.29, 1.82) is 0 Å². The molecule has 0 unspecified atom stereocenters. The van der Waals surface area contributed by atoms with Crippen LogP contribution >= 0.6 is 22.9 Å². The van der Waals surface area contributed by atoms with Gasteiger partial charge in [-0.3, -0.25) is 4.72 Å². The molecule has 7 nitrogen and oxygen atoms in total. The number of anilines is 2. The molecule has 0 bridgehead atoms. The van der Waals surface area contributed by atoms with Crippen molar-refractivity contribution in [3.8, 4) is 0 Å². The highest BCUT2D eigenvalue weighted by molar-refractivity contribution is 7.93. The second-order valence-electron chi connectivity index (χ2n) is 7.18. The fourth-order valence-corrected chi connectivity index (χ4v) is 5.30. The number of benzene rings is 1. The Kier molecular flexibility index (Phi) is 8.03. The first-order valence-corrected chi connectivity index (χ1v) is 12.4. The van der Waals surface area contributed by atoms with Gasteiger partial charge in [-0.15, -0.1) is 11.3 Å². The van der Waals surface area contributed by atoms with Crippen molar-refractivity contribution in [3.63, 3.8) is 0 Å². The van der Waals surface area contributed by atoms with Crippen LogP contribution in [0.4, 0.5) is 24.0 Å². The minimum Gasteiger partial charge on any atom is -0.384 e. The molecule has 4 N–H and O–H groups in total. The Hall–Kier alpha value is -1.60. The lowest BCUT2D eigenvalue weighted by molar-refractivity contribution is 0.0211. The van der Waals surface area contributed by atoms with Crippen molar-refractivity contribution in [1.82, 2.24) is 15.6 Å². The maximum Gasteiger partial charge on any atom is 0.266 e. The first-order chi connectivity index (χ1) is 14.7. The highest BCUT2D eigenvalue weighted by atomic mass is 35.5. The summed E-state index contributed by atoms with van der Waals surface area (Å²) in [6.07, 6.45) is 2.78. The lowest BCUT2D eigenvalue weighted by Crippen LogP contribution is -2.34. The molecule has 2 heterocycles. The van der Waals surface area contributed by atoms with Crippen molar-refractivity contribution in [2.24, 2.45) is 0 Å². The Morgan fingerprint density at radius 1 is 1.29 bits per heavy atom. The summed E-state index contributed by atoms with van der Waals surface area (Å²) in [7, 11) is -4.15. The summed E-state index contributed by atoms with van der Waals surface area (Å²) >= 11 is 7.21. The molecule has 13 heteroatoms. The number of nitrogens with zero attached hydrogens (tertiary/aromatic N) is 1. The highest BCUT2D eigenvalue weighted by Crippen LogP contribution is 2.29. The molecule has 31 heavy (non-hydrogen) atoms. The van der Waals surface area contributed by atoms with Gasteiger partial charge in [-0.25, -0.2) is 26.6 Å². The predicted molar refractivity (Wildman–Crippen MR) is 116 cm³/mol. The molecule has 3 rings (SSSR count). The largest absolute Gasteiger partial charge is 0.384 e. The molecule has 1 fully saturated rings. The van der Waals surface area contributed by atoms with E-state index in [0.29, 0.717) is 19.6 Å². The minimum atomic E-state index is -4.15. The molecule has 0 saturated carbocycles. The molecule has 0 amide bonds. The minimum absolute atomic E-state index is 0.0762. The van der Waals surface area contributed by atoms with Crippen molar-refractivity contribution in [3.05, 3.63) is 34.5 Å². The molecule has 0 spiro atoms. The summed E-state index contributed by atoms with van der Waals surface area (Å²) in [5.41, 5.74) is 0.290. The lowest BCUT2D eigenvalue weighted by Gasteiger charge is -2.13. The SMILES string of the molecule is O=S(=O)(Nc1nccs1)c1cc(Cl)c(NCCCCNC[C@@H]2CC(F)(F)CN2)cc1F. The molecule has 2 aromatic rings. The van der Waals surface area contributed by atoms with Crippen molar-refractivity contribution < 1.29 is 21.6 Å². The topological polar surface area (TPSA) is 95.2 Å². The summed E-state index contributed by atoms with van der Waals surface area (Å²) in [5.74, 6) is -3.56. The molecule has 1 saturated heterocycles. The first-order valence-electron chi connectivity index (χ1n) is 9.63. The number of aromatic nitrogens is 1. The van der Waals surface area contributed by atoms with Crippen LogP contribution in [0.15, 0.2) is 28.6 Å². The van der Waals surface area contributed by atoms with E-state index in [-0.39, 0.29) is 34.8 Å². The van der Waals surface area contributed by atoms with E-state index in [1.165, 1.54) is 6.20 Å². The van der Waals surface area contributed by atoms with Crippen LogP contribution in [-0.2, 0) is 10.0 Å². The van der Waals surface area contributed by atoms with Crippen LogP contribution in [0.5, 0.6) is 0 Å². The van der Waals surface area contributed by atoms with E-state index in [1.807, 2.05) is 0 Å². The number of thiazole rings is 1. The quantitative estimate of drug-likeness (QED) is 0.355. The van der Waals surface area contributed by atoms with Crippen LogP contribution in [-0.4, -0.2) is 51.5 Å². The van der Waals surface area contributed by atoms with E-state index in [0.717, 1.165) is 36.3 Å². The highest BCUT2D eigenvalue weighted by Gasteiger charge is 2.38. The van der Waals surface area contributed by atoms with Crippen LogP contribution in [0.1, 0.15) is 19.3 Å². The lowest BCUT2D eigenvalue weighted by atomic mass is 10.2. The average Bonchev–Trinajstić information content (AvgIpc) is 3.31. The maximum absolute atomic E-state index is 14.4. The summed E-state index contributed by atoms with van der Waals surface area (Å²) in [5, 5.41) is 10.7. The molecule has 1 aliphatic rings. The van der Waals surface area contributed by atoms with E-state index >= 15 is 0 Å². The molecular formula is C18H23ClF3N5O2S2. The van der Waals surface area contributed by atoms with Crippen LogP contribution in [0.25, 0.3) is 0 Å². The second kappa shape index (κ2) is 10.3. The number of unbranched alkanes of at least 4 members (excludes halogenated alkanes) is 1. The molecule has 172 valence electrons. The Balaban J connectivity index is 1.42. The van der Waals surface area contributed by atoms with Crippen molar-refractivity contribution >= 4 is 43.8 Å². The van der Waals surface area contributed by atoms with E-state index in [1.54, 1.807) is 5.38 Å². The van der Waals surface area contributed by atoms with E-state index < -0.39 is 26.7 Å². The average molecular weight is 498 g/mol. The molecule has 0 aliphatic carbocycles. The summed E-state index contributed by atoms with van der Waals surface area (Å²) in [4.78, 5) is 3.25.